The number of nitrogens with zero attached hydrogens (tertiary/aromatic N) is 3. The van der Waals surface area contributed by atoms with Crippen molar-refractivity contribution in [2.75, 3.05) is 0 Å². The SMILES string of the molecule is C[Si](C)(C)c1ccc2c(c1)oc1c(-c3nc4nc(-c5ccccc5)ccc4n3-c3ccccc3)cccc12. The Bertz CT molecular complexity index is 1950. The van der Waals surface area contributed by atoms with Crippen molar-refractivity contribution in [2.45, 2.75) is 19.6 Å². The van der Waals surface area contributed by atoms with E-state index in [4.69, 9.17) is 14.4 Å². The number of rotatable bonds is 4. The monoisotopic (exact) mass is 509 g/mol. The van der Waals surface area contributed by atoms with Crippen molar-refractivity contribution in [2.24, 2.45) is 0 Å². The fourth-order valence-corrected chi connectivity index (χ4v) is 6.34. The summed E-state index contributed by atoms with van der Waals surface area (Å²) in [6, 6.07) is 37.8. The molecule has 38 heavy (non-hydrogen) atoms. The lowest BCUT2D eigenvalue weighted by Crippen LogP contribution is -2.37. The highest BCUT2D eigenvalue weighted by Crippen LogP contribution is 2.37. The van der Waals surface area contributed by atoms with Gasteiger partial charge in [0.25, 0.3) is 0 Å². The molecule has 4 nitrogen and oxygen atoms in total. The fraction of sp³-hybridized carbons (Fsp3) is 0.0909. The van der Waals surface area contributed by atoms with Crippen LogP contribution in [0.15, 0.2) is 114 Å². The van der Waals surface area contributed by atoms with Gasteiger partial charge in [-0.3, -0.25) is 4.57 Å². The van der Waals surface area contributed by atoms with Gasteiger partial charge in [-0.25, -0.2) is 9.97 Å². The molecule has 5 heteroatoms. The Morgan fingerprint density at radius 1 is 0.684 bits per heavy atom. The van der Waals surface area contributed by atoms with E-state index in [0.29, 0.717) is 5.65 Å². The molecule has 184 valence electrons. The van der Waals surface area contributed by atoms with Gasteiger partial charge in [-0.15, -0.1) is 0 Å². The Kier molecular flexibility index (Phi) is 5.10. The maximum atomic E-state index is 6.60. The van der Waals surface area contributed by atoms with Crippen LogP contribution >= 0.6 is 0 Å². The molecule has 0 N–H and O–H groups in total. The summed E-state index contributed by atoms with van der Waals surface area (Å²) < 4.78 is 8.79. The first-order valence-corrected chi connectivity index (χ1v) is 16.4. The lowest BCUT2D eigenvalue weighted by molar-refractivity contribution is 0.669. The molecule has 0 saturated carbocycles. The quantitative estimate of drug-likeness (QED) is 0.225. The van der Waals surface area contributed by atoms with Crippen LogP contribution in [0.25, 0.3) is 61.4 Å². The average molecular weight is 510 g/mol. The first-order chi connectivity index (χ1) is 18.5. The average Bonchev–Trinajstić information content (AvgIpc) is 3.51. The zero-order valence-electron chi connectivity index (χ0n) is 21.6. The van der Waals surface area contributed by atoms with Crippen molar-refractivity contribution in [1.82, 2.24) is 14.5 Å². The van der Waals surface area contributed by atoms with Crippen molar-refractivity contribution >= 4 is 46.4 Å². The molecule has 0 aliphatic heterocycles. The van der Waals surface area contributed by atoms with Gasteiger partial charge in [-0.1, -0.05) is 97.6 Å². The Hall–Kier alpha value is -4.48. The van der Waals surface area contributed by atoms with Gasteiger partial charge in [0, 0.05) is 22.0 Å². The van der Waals surface area contributed by atoms with Crippen LogP contribution in [0.3, 0.4) is 0 Å². The molecule has 4 aromatic carbocycles. The molecule has 0 aliphatic rings. The largest absolute Gasteiger partial charge is 0.455 e. The highest BCUT2D eigenvalue weighted by molar-refractivity contribution is 6.88. The third kappa shape index (κ3) is 3.66. The maximum absolute atomic E-state index is 6.60. The van der Waals surface area contributed by atoms with Crippen LogP contribution in [0.4, 0.5) is 0 Å². The molecule has 0 saturated heterocycles. The molecule has 0 radical (unpaired) electrons. The van der Waals surface area contributed by atoms with Crippen molar-refractivity contribution in [3.05, 3.63) is 109 Å². The van der Waals surface area contributed by atoms with E-state index in [-0.39, 0.29) is 0 Å². The van der Waals surface area contributed by atoms with Crippen LogP contribution in [0.5, 0.6) is 0 Å². The minimum Gasteiger partial charge on any atom is -0.455 e. The van der Waals surface area contributed by atoms with Crippen LogP contribution in [0.1, 0.15) is 0 Å². The van der Waals surface area contributed by atoms with Crippen molar-refractivity contribution in [1.29, 1.82) is 0 Å². The van der Waals surface area contributed by atoms with Crippen LogP contribution in [-0.4, -0.2) is 22.6 Å². The van der Waals surface area contributed by atoms with Gasteiger partial charge in [0.15, 0.2) is 11.5 Å². The number of benzene rings is 4. The van der Waals surface area contributed by atoms with Crippen LogP contribution in [-0.2, 0) is 0 Å². The van der Waals surface area contributed by atoms with E-state index in [1.165, 1.54) is 5.19 Å². The molecule has 3 aromatic heterocycles. The van der Waals surface area contributed by atoms with Crippen LogP contribution in [0, 0.1) is 0 Å². The zero-order chi connectivity index (χ0) is 25.9. The highest BCUT2D eigenvalue weighted by atomic mass is 28.3. The molecule has 0 atom stereocenters. The van der Waals surface area contributed by atoms with Crippen LogP contribution < -0.4 is 5.19 Å². The molecule has 0 amide bonds. The van der Waals surface area contributed by atoms with E-state index in [0.717, 1.165) is 55.8 Å². The number of imidazole rings is 1. The Morgan fingerprint density at radius 3 is 2.21 bits per heavy atom. The summed E-state index contributed by atoms with van der Waals surface area (Å²) in [4.78, 5) is 10.1. The fourth-order valence-electron chi connectivity index (χ4n) is 5.19. The topological polar surface area (TPSA) is 43.9 Å². The summed E-state index contributed by atoms with van der Waals surface area (Å²) in [5.41, 5.74) is 7.42. The summed E-state index contributed by atoms with van der Waals surface area (Å²) >= 11 is 0. The molecular weight excluding hydrogens is 482 g/mol. The molecule has 0 unspecified atom stereocenters. The number of para-hydroxylation sites is 2. The first-order valence-electron chi connectivity index (χ1n) is 12.9. The molecule has 0 spiro atoms. The van der Waals surface area contributed by atoms with E-state index >= 15 is 0 Å². The predicted molar refractivity (Wildman–Crippen MR) is 160 cm³/mol. The third-order valence-corrected chi connectivity index (χ3v) is 9.25. The smallest absolute Gasteiger partial charge is 0.179 e. The van der Waals surface area contributed by atoms with E-state index in [1.807, 2.05) is 24.3 Å². The number of fused-ring (bicyclic) bond motifs is 4. The van der Waals surface area contributed by atoms with Crippen molar-refractivity contribution < 1.29 is 4.42 Å². The Balaban J connectivity index is 1.50. The van der Waals surface area contributed by atoms with E-state index in [1.54, 1.807) is 0 Å². The van der Waals surface area contributed by atoms with Gasteiger partial charge in [0.05, 0.1) is 24.8 Å². The molecule has 0 fully saturated rings. The number of furan rings is 1. The first kappa shape index (κ1) is 22.7. The lowest BCUT2D eigenvalue weighted by atomic mass is 10.1. The summed E-state index contributed by atoms with van der Waals surface area (Å²) in [5, 5.41) is 3.62. The molecule has 3 heterocycles. The molecule has 7 aromatic rings. The minimum atomic E-state index is -1.47. The van der Waals surface area contributed by atoms with Gasteiger partial charge >= 0.3 is 0 Å². The standard InChI is InChI=1S/C33H27N3OSi/c1-38(2,3)24-17-18-25-26-15-10-16-27(31(26)37-30(25)21-24)33-35-32-29(36(33)23-13-8-5-9-14-23)20-19-28(34-32)22-11-6-4-7-12-22/h4-21H,1-3H3. The van der Waals surface area contributed by atoms with Gasteiger partial charge < -0.3 is 4.42 Å². The van der Waals surface area contributed by atoms with Crippen LogP contribution in [0.2, 0.25) is 19.6 Å². The maximum Gasteiger partial charge on any atom is 0.179 e. The minimum absolute atomic E-state index is 0.708. The van der Waals surface area contributed by atoms with Gasteiger partial charge in [-0.2, -0.15) is 0 Å². The highest BCUT2D eigenvalue weighted by Gasteiger charge is 2.22. The van der Waals surface area contributed by atoms with E-state index in [9.17, 15) is 0 Å². The number of hydrogen-bond donors (Lipinski definition) is 0. The van der Waals surface area contributed by atoms with Gasteiger partial charge in [-0.05, 0) is 36.4 Å². The van der Waals surface area contributed by atoms with Gasteiger partial charge in [0.1, 0.15) is 11.2 Å². The number of hydrogen-bond acceptors (Lipinski definition) is 3. The number of pyridine rings is 1. The predicted octanol–water partition coefficient (Wildman–Crippen LogP) is 8.20. The molecule has 0 bridgehead atoms. The third-order valence-electron chi connectivity index (χ3n) is 7.21. The summed E-state index contributed by atoms with van der Waals surface area (Å²) in [7, 11) is -1.47. The Morgan fingerprint density at radius 2 is 1.45 bits per heavy atom. The zero-order valence-corrected chi connectivity index (χ0v) is 22.6. The van der Waals surface area contributed by atoms with Crippen molar-refractivity contribution in [3.63, 3.8) is 0 Å². The molecule has 7 rings (SSSR count). The molecular formula is C33H27N3OSi. The van der Waals surface area contributed by atoms with Crippen molar-refractivity contribution in [3.8, 4) is 28.3 Å². The van der Waals surface area contributed by atoms with E-state index in [2.05, 4.69) is 109 Å². The lowest BCUT2D eigenvalue weighted by Gasteiger charge is -2.15. The second-order valence-corrected chi connectivity index (χ2v) is 15.8. The Labute approximate surface area is 222 Å². The second-order valence-electron chi connectivity index (χ2n) is 10.8. The number of aromatic nitrogens is 3. The second kappa shape index (κ2) is 8.54. The van der Waals surface area contributed by atoms with E-state index < -0.39 is 8.07 Å². The summed E-state index contributed by atoms with van der Waals surface area (Å²) in [5.74, 6) is 0.819. The summed E-state index contributed by atoms with van der Waals surface area (Å²) in [6.45, 7) is 7.09. The normalized spacial score (nSPS) is 12.1. The molecule has 0 aliphatic carbocycles. The van der Waals surface area contributed by atoms with Gasteiger partial charge in [0.2, 0.25) is 0 Å². The summed E-state index contributed by atoms with van der Waals surface area (Å²) in [6.07, 6.45) is 0.